The van der Waals surface area contributed by atoms with Crippen LogP contribution in [0.15, 0.2) is 29.1 Å². The molecule has 170 valence electrons. The highest BCUT2D eigenvalue weighted by Crippen LogP contribution is 2.26. The van der Waals surface area contributed by atoms with E-state index in [4.69, 9.17) is 0 Å². The number of aryl methyl sites for hydroxylation is 1. The standard InChI is InChI=1S/C21H31N5O4S/c1-4-5-7-16-9-11-18(12-10-16)22-19(27)15-26-21(28)24(2)20(23-26)17-8-6-13-25(14-17)31(3,29)30/h9-12,17H,4-8,13-15H2,1-3H3,(H,22,27)/t17-/m0/s1. The fourth-order valence-electron chi connectivity index (χ4n) is 3.89. The van der Waals surface area contributed by atoms with Gasteiger partial charge in [0.2, 0.25) is 15.9 Å². The molecular formula is C21H31N5O4S. The molecular weight excluding hydrogens is 418 g/mol. The van der Waals surface area contributed by atoms with Gasteiger partial charge >= 0.3 is 5.69 Å². The van der Waals surface area contributed by atoms with Crippen molar-refractivity contribution in [2.75, 3.05) is 24.7 Å². The van der Waals surface area contributed by atoms with Crippen molar-refractivity contribution in [1.29, 1.82) is 0 Å². The summed E-state index contributed by atoms with van der Waals surface area (Å²) in [6, 6.07) is 7.70. The Balaban J connectivity index is 1.67. The Labute approximate surface area is 183 Å². The van der Waals surface area contributed by atoms with E-state index in [2.05, 4.69) is 17.3 Å². The lowest BCUT2D eigenvalue weighted by Crippen LogP contribution is -2.39. The first kappa shape index (κ1) is 23.2. The predicted molar refractivity (Wildman–Crippen MR) is 120 cm³/mol. The van der Waals surface area contributed by atoms with Crippen LogP contribution in [0.2, 0.25) is 0 Å². The van der Waals surface area contributed by atoms with Crippen LogP contribution in [0, 0.1) is 0 Å². The zero-order valence-corrected chi connectivity index (χ0v) is 19.2. The van der Waals surface area contributed by atoms with E-state index in [1.807, 2.05) is 24.3 Å². The average molecular weight is 450 g/mol. The number of sulfonamides is 1. The number of anilines is 1. The molecule has 0 saturated carbocycles. The Morgan fingerprint density at radius 2 is 1.97 bits per heavy atom. The van der Waals surface area contributed by atoms with Crippen molar-refractivity contribution in [1.82, 2.24) is 18.7 Å². The summed E-state index contributed by atoms with van der Waals surface area (Å²) in [5, 5.41) is 7.16. The zero-order chi connectivity index (χ0) is 22.6. The Hall–Kier alpha value is -2.46. The summed E-state index contributed by atoms with van der Waals surface area (Å²) >= 11 is 0. The first-order valence-electron chi connectivity index (χ1n) is 10.7. The van der Waals surface area contributed by atoms with Gasteiger partial charge in [-0.1, -0.05) is 25.5 Å². The minimum Gasteiger partial charge on any atom is -0.324 e. The van der Waals surface area contributed by atoms with Gasteiger partial charge in [0.15, 0.2) is 0 Å². The summed E-state index contributed by atoms with van der Waals surface area (Å²) < 4.78 is 27.7. The summed E-state index contributed by atoms with van der Waals surface area (Å²) in [4.78, 5) is 25.1. The van der Waals surface area contributed by atoms with E-state index < -0.39 is 15.7 Å². The maximum Gasteiger partial charge on any atom is 0.346 e. The summed E-state index contributed by atoms with van der Waals surface area (Å²) in [5.41, 5.74) is 1.50. The number of carbonyl (C=O) groups excluding carboxylic acids is 1. The number of hydrogen-bond acceptors (Lipinski definition) is 5. The minimum atomic E-state index is -3.30. The van der Waals surface area contributed by atoms with Crippen LogP contribution in [-0.4, -0.2) is 52.3 Å². The van der Waals surface area contributed by atoms with E-state index >= 15 is 0 Å². The highest BCUT2D eigenvalue weighted by atomic mass is 32.2. The second-order valence-corrected chi connectivity index (χ2v) is 10.1. The van der Waals surface area contributed by atoms with Gasteiger partial charge in [-0.3, -0.25) is 9.36 Å². The van der Waals surface area contributed by atoms with Crippen LogP contribution >= 0.6 is 0 Å². The zero-order valence-electron chi connectivity index (χ0n) is 18.4. The lowest BCUT2D eigenvalue weighted by atomic mass is 9.99. The molecule has 0 bridgehead atoms. The second-order valence-electron chi connectivity index (χ2n) is 8.17. The van der Waals surface area contributed by atoms with Gasteiger partial charge in [0.05, 0.1) is 6.26 Å². The Bertz CT molecular complexity index is 1070. The molecule has 10 heteroatoms. The van der Waals surface area contributed by atoms with Gasteiger partial charge < -0.3 is 5.32 Å². The van der Waals surface area contributed by atoms with Crippen molar-refractivity contribution in [2.45, 2.75) is 51.5 Å². The Morgan fingerprint density at radius 3 is 2.61 bits per heavy atom. The lowest BCUT2D eigenvalue weighted by molar-refractivity contribution is -0.117. The molecule has 1 atom stereocenters. The van der Waals surface area contributed by atoms with Gasteiger partial charge in [0.25, 0.3) is 0 Å². The van der Waals surface area contributed by atoms with E-state index in [0.29, 0.717) is 31.0 Å². The second kappa shape index (κ2) is 9.78. The molecule has 2 aromatic rings. The maximum atomic E-state index is 12.6. The summed E-state index contributed by atoms with van der Waals surface area (Å²) in [7, 11) is -1.69. The van der Waals surface area contributed by atoms with Gasteiger partial charge in [-0.05, 0) is 43.4 Å². The van der Waals surface area contributed by atoms with Crippen molar-refractivity contribution < 1.29 is 13.2 Å². The predicted octanol–water partition coefficient (Wildman–Crippen LogP) is 1.70. The van der Waals surface area contributed by atoms with Crippen LogP contribution in [0.4, 0.5) is 5.69 Å². The van der Waals surface area contributed by atoms with Crippen LogP contribution < -0.4 is 11.0 Å². The lowest BCUT2D eigenvalue weighted by Gasteiger charge is -2.30. The molecule has 0 unspecified atom stereocenters. The maximum absolute atomic E-state index is 12.6. The number of carbonyl (C=O) groups is 1. The fourth-order valence-corrected chi connectivity index (χ4v) is 4.80. The number of hydrogen-bond donors (Lipinski definition) is 1. The first-order chi connectivity index (χ1) is 14.7. The van der Waals surface area contributed by atoms with Crippen LogP contribution in [0.1, 0.15) is 49.9 Å². The number of aromatic nitrogens is 3. The SMILES string of the molecule is CCCCc1ccc(NC(=O)Cn2nc([C@H]3CCCN(S(C)(=O)=O)C3)n(C)c2=O)cc1. The number of piperidine rings is 1. The molecule has 0 radical (unpaired) electrons. The number of rotatable bonds is 8. The molecule has 0 aliphatic carbocycles. The summed E-state index contributed by atoms with van der Waals surface area (Å²) in [6.07, 6.45) is 5.90. The highest BCUT2D eigenvalue weighted by Gasteiger charge is 2.30. The van der Waals surface area contributed by atoms with Crippen LogP contribution in [0.5, 0.6) is 0 Å². The number of nitrogens with zero attached hydrogens (tertiary/aromatic N) is 4. The van der Waals surface area contributed by atoms with Gasteiger partial charge in [0, 0.05) is 31.7 Å². The van der Waals surface area contributed by atoms with Gasteiger partial charge in [-0.25, -0.2) is 22.2 Å². The molecule has 3 rings (SSSR count). The summed E-state index contributed by atoms with van der Waals surface area (Å²) in [5.74, 6) is -0.0120. The van der Waals surface area contributed by atoms with Gasteiger partial charge in [0.1, 0.15) is 12.4 Å². The van der Waals surface area contributed by atoms with Crippen molar-refractivity contribution >= 4 is 21.6 Å². The van der Waals surface area contributed by atoms with E-state index in [1.54, 1.807) is 7.05 Å². The Kier molecular flexibility index (Phi) is 7.32. The molecule has 0 spiro atoms. The molecule has 1 aliphatic heterocycles. The quantitative estimate of drug-likeness (QED) is 0.660. The molecule has 1 amide bonds. The molecule has 1 aliphatic rings. The third kappa shape index (κ3) is 5.82. The third-order valence-corrected chi connectivity index (χ3v) is 6.91. The van der Waals surface area contributed by atoms with E-state index in [9.17, 15) is 18.0 Å². The van der Waals surface area contributed by atoms with Crippen LogP contribution in [0.25, 0.3) is 0 Å². The molecule has 2 heterocycles. The molecule has 1 saturated heterocycles. The smallest absolute Gasteiger partial charge is 0.324 e. The largest absolute Gasteiger partial charge is 0.346 e. The average Bonchev–Trinajstić information content (AvgIpc) is 3.01. The first-order valence-corrected chi connectivity index (χ1v) is 12.5. The molecule has 9 nitrogen and oxygen atoms in total. The van der Waals surface area contributed by atoms with Gasteiger partial charge in [-0.2, -0.15) is 5.10 Å². The fraction of sp³-hybridized carbons (Fsp3) is 0.571. The van der Waals surface area contributed by atoms with Crippen LogP contribution in [-0.2, 0) is 34.8 Å². The number of unbranched alkanes of at least 4 members (excludes halogenated alkanes) is 1. The van der Waals surface area contributed by atoms with Crippen molar-refractivity contribution in [3.63, 3.8) is 0 Å². The van der Waals surface area contributed by atoms with E-state index in [1.165, 1.54) is 20.7 Å². The molecule has 1 fully saturated rings. The number of nitrogens with one attached hydrogen (secondary N) is 1. The van der Waals surface area contributed by atoms with Gasteiger partial charge in [-0.15, -0.1) is 0 Å². The van der Waals surface area contributed by atoms with Crippen LogP contribution in [0.3, 0.4) is 0 Å². The van der Waals surface area contributed by atoms with E-state index in [-0.39, 0.29) is 18.4 Å². The topological polar surface area (TPSA) is 106 Å². The third-order valence-electron chi connectivity index (χ3n) is 5.64. The normalized spacial score (nSPS) is 17.6. The monoisotopic (exact) mass is 449 g/mol. The van der Waals surface area contributed by atoms with Crippen molar-refractivity contribution in [2.24, 2.45) is 7.05 Å². The molecule has 1 aromatic heterocycles. The molecule has 1 N–H and O–H groups in total. The molecule has 1 aromatic carbocycles. The van der Waals surface area contributed by atoms with E-state index in [0.717, 1.165) is 30.4 Å². The van der Waals surface area contributed by atoms with Crippen molar-refractivity contribution in [3.8, 4) is 0 Å². The van der Waals surface area contributed by atoms with Crippen molar-refractivity contribution in [3.05, 3.63) is 46.1 Å². The Morgan fingerprint density at radius 1 is 1.26 bits per heavy atom. The number of benzene rings is 1. The molecule has 31 heavy (non-hydrogen) atoms. The number of amides is 1. The minimum absolute atomic E-state index is 0.179. The summed E-state index contributed by atoms with van der Waals surface area (Å²) in [6.45, 7) is 2.71. The highest BCUT2D eigenvalue weighted by molar-refractivity contribution is 7.88.